The lowest BCUT2D eigenvalue weighted by Gasteiger charge is -2.11. The summed E-state index contributed by atoms with van der Waals surface area (Å²) >= 11 is 0. The summed E-state index contributed by atoms with van der Waals surface area (Å²) in [5, 5.41) is 5.30. The van der Waals surface area contributed by atoms with E-state index in [2.05, 4.69) is 10.6 Å². The van der Waals surface area contributed by atoms with Crippen molar-refractivity contribution in [3.05, 3.63) is 35.4 Å². The zero-order chi connectivity index (χ0) is 14.3. The Bertz CT molecular complexity index is 556. The van der Waals surface area contributed by atoms with Gasteiger partial charge < -0.3 is 10.6 Å². The minimum absolute atomic E-state index is 0.0354. The molecule has 0 spiro atoms. The minimum Gasteiger partial charge on any atom is -0.351 e. The number of halogens is 2. The van der Waals surface area contributed by atoms with Crippen molar-refractivity contribution in [2.24, 2.45) is 0 Å². The summed E-state index contributed by atoms with van der Waals surface area (Å²) in [6.07, 6.45) is 1.33. The molecule has 2 fully saturated rings. The van der Waals surface area contributed by atoms with E-state index in [9.17, 15) is 18.4 Å². The highest BCUT2D eigenvalue weighted by atomic mass is 19.1. The highest BCUT2D eigenvalue weighted by Gasteiger charge is 2.43. The molecule has 20 heavy (non-hydrogen) atoms. The van der Waals surface area contributed by atoms with E-state index >= 15 is 0 Å². The van der Waals surface area contributed by atoms with Gasteiger partial charge in [0, 0.05) is 23.9 Å². The Balaban J connectivity index is 1.62. The van der Waals surface area contributed by atoms with Crippen molar-refractivity contribution in [3.8, 4) is 0 Å². The van der Waals surface area contributed by atoms with Crippen LogP contribution in [0.5, 0.6) is 0 Å². The van der Waals surface area contributed by atoms with Gasteiger partial charge in [0.05, 0.1) is 0 Å². The smallest absolute Gasteiger partial charge is 0.242 e. The largest absolute Gasteiger partial charge is 0.351 e. The summed E-state index contributed by atoms with van der Waals surface area (Å²) in [6, 6.07) is 2.97. The molecule has 0 radical (unpaired) electrons. The number of hydrogen-bond acceptors (Lipinski definition) is 2. The normalized spacial score (nSPS) is 28.1. The molecule has 0 bridgehead atoms. The molecule has 1 aromatic carbocycles. The number of carbonyl (C=O) groups excluding carboxylic acids is 2. The standard InChI is InChI=1S/C14H14F2N2O2/c15-8-2-1-3-9(16)13(8)7-6-11(7)18-14(20)10-4-5-12(19)17-10/h1-3,7,10-11H,4-6H2,(H,17,19)(H,18,20)/t7?,10-,11?/m1/s1. The average molecular weight is 280 g/mol. The number of carbonyl (C=O) groups is 2. The van der Waals surface area contributed by atoms with Crippen LogP contribution in [0, 0.1) is 11.6 Å². The van der Waals surface area contributed by atoms with E-state index in [1.165, 1.54) is 18.2 Å². The molecule has 1 aliphatic heterocycles. The third-order valence-corrected chi connectivity index (χ3v) is 3.80. The fourth-order valence-electron chi connectivity index (χ4n) is 2.63. The van der Waals surface area contributed by atoms with Gasteiger partial charge in [-0.15, -0.1) is 0 Å². The quantitative estimate of drug-likeness (QED) is 0.874. The Labute approximate surface area is 114 Å². The van der Waals surface area contributed by atoms with Crippen LogP contribution in [0.25, 0.3) is 0 Å². The van der Waals surface area contributed by atoms with Crippen LogP contribution in [0.15, 0.2) is 18.2 Å². The van der Waals surface area contributed by atoms with Gasteiger partial charge in [-0.2, -0.15) is 0 Å². The zero-order valence-corrected chi connectivity index (χ0v) is 10.7. The van der Waals surface area contributed by atoms with Crippen molar-refractivity contribution in [1.82, 2.24) is 10.6 Å². The van der Waals surface area contributed by atoms with E-state index in [-0.39, 0.29) is 29.3 Å². The predicted octanol–water partition coefficient (Wildman–Crippen LogP) is 1.22. The summed E-state index contributed by atoms with van der Waals surface area (Å²) in [5.74, 6) is -1.91. The first-order valence-corrected chi connectivity index (χ1v) is 6.60. The Morgan fingerprint density at radius 3 is 2.60 bits per heavy atom. The summed E-state index contributed by atoms with van der Waals surface area (Å²) in [4.78, 5) is 22.9. The second-order valence-electron chi connectivity index (χ2n) is 5.25. The highest BCUT2D eigenvalue weighted by Crippen LogP contribution is 2.43. The second-order valence-corrected chi connectivity index (χ2v) is 5.25. The summed E-state index contributed by atoms with van der Waals surface area (Å²) in [5.41, 5.74) is 0.0354. The Morgan fingerprint density at radius 1 is 1.30 bits per heavy atom. The molecule has 1 aromatic rings. The van der Waals surface area contributed by atoms with E-state index in [4.69, 9.17) is 0 Å². The summed E-state index contributed by atoms with van der Waals surface area (Å²) in [7, 11) is 0. The molecule has 1 saturated heterocycles. The maximum Gasteiger partial charge on any atom is 0.242 e. The van der Waals surface area contributed by atoms with E-state index in [1.54, 1.807) is 0 Å². The molecule has 3 rings (SSSR count). The molecule has 1 aliphatic carbocycles. The van der Waals surface area contributed by atoms with Crippen LogP contribution in [-0.2, 0) is 9.59 Å². The molecule has 3 atom stereocenters. The van der Waals surface area contributed by atoms with Crippen LogP contribution in [0.4, 0.5) is 8.78 Å². The zero-order valence-electron chi connectivity index (χ0n) is 10.7. The predicted molar refractivity (Wildman–Crippen MR) is 66.8 cm³/mol. The molecule has 2 unspecified atom stereocenters. The number of rotatable bonds is 3. The number of benzene rings is 1. The van der Waals surface area contributed by atoms with Gasteiger partial charge >= 0.3 is 0 Å². The van der Waals surface area contributed by atoms with E-state index in [1.807, 2.05) is 0 Å². The Hall–Kier alpha value is -1.98. The monoisotopic (exact) mass is 280 g/mol. The van der Waals surface area contributed by atoms with Gasteiger partial charge in [-0.3, -0.25) is 9.59 Å². The first kappa shape index (κ1) is 13.0. The van der Waals surface area contributed by atoms with Crippen LogP contribution < -0.4 is 10.6 Å². The maximum absolute atomic E-state index is 13.6. The highest BCUT2D eigenvalue weighted by molar-refractivity contribution is 5.91. The Kier molecular flexibility index (Phi) is 3.16. The lowest BCUT2D eigenvalue weighted by Crippen LogP contribution is -2.42. The molecular weight excluding hydrogens is 266 g/mol. The lowest BCUT2D eigenvalue weighted by atomic mass is 10.1. The van der Waals surface area contributed by atoms with Gasteiger partial charge in [-0.25, -0.2) is 8.78 Å². The number of hydrogen-bond donors (Lipinski definition) is 2. The molecule has 0 aromatic heterocycles. The van der Waals surface area contributed by atoms with Crippen molar-refractivity contribution < 1.29 is 18.4 Å². The first-order chi connectivity index (χ1) is 9.56. The SMILES string of the molecule is O=C1CC[C@H](C(=O)NC2CC2c2c(F)cccc2F)N1. The van der Waals surface area contributed by atoms with Crippen LogP contribution in [0.1, 0.15) is 30.7 Å². The second kappa shape index (κ2) is 4.85. The molecule has 4 nitrogen and oxygen atoms in total. The molecule has 1 saturated carbocycles. The molecule has 2 amide bonds. The van der Waals surface area contributed by atoms with E-state index in [0.29, 0.717) is 19.3 Å². The summed E-state index contributed by atoms with van der Waals surface area (Å²) in [6.45, 7) is 0. The topological polar surface area (TPSA) is 58.2 Å². The summed E-state index contributed by atoms with van der Waals surface area (Å²) < 4.78 is 27.2. The van der Waals surface area contributed by atoms with Crippen LogP contribution in [0.2, 0.25) is 0 Å². The number of nitrogens with one attached hydrogen (secondary N) is 2. The van der Waals surface area contributed by atoms with Gasteiger partial charge in [-0.1, -0.05) is 6.07 Å². The van der Waals surface area contributed by atoms with E-state index in [0.717, 1.165) is 0 Å². The van der Waals surface area contributed by atoms with Gasteiger partial charge in [0.2, 0.25) is 11.8 Å². The van der Waals surface area contributed by atoms with Crippen molar-refractivity contribution in [3.63, 3.8) is 0 Å². The third-order valence-electron chi connectivity index (χ3n) is 3.80. The van der Waals surface area contributed by atoms with Gasteiger partial charge in [0.25, 0.3) is 0 Å². The fourth-order valence-corrected chi connectivity index (χ4v) is 2.63. The van der Waals surface area contributed by atoms with E-state index < -0.39 is 17.7 Å². The van der Waals surface area contributed by atoms with Crippen molar-refractivity contribution >= 4 is 11.8 Å². The van der Waals surface area contributed by atoms with Gasteiger partial charge in [0.1, 0.15) is 17.7 Å². The van der Waals surface area contributed by atoms with Crippen LogP contribution >= 0.6 is 0 Å². The molecule has 106 valence electrons. The molecule has 1 heterocycles. The average Bonchev–Trinajstić information content (AvgIpc) is 2.97. The van der Waals surface area contributed by atoms with Crippen molar-refractivity contribution in [1.29, 1.82) is 0 Å². The first-order valence-electron chi connectivity index (χ1n) is 6.60. The number of amides is 2. The third kappa shape index (κ3) is 2.37. The fraction of sp³-hybridized carbons (Fsp3) is 0.429. The van der Waals surface area contributed by atoms with Crippen molar-refractivity contribution in [2.45, 2.75) is 37.3 Å². The van der Waals surface area contributed by atoms with Crippen molar-refractivity contribution in [2.75, 3.05) is 0 Å². The molecule has 2 aliphatic rings. The molecule has 2 N–H and O–H groups in total. The molecule has 6 heteroatoms. The van der Waals surface area contributed by atoms with Crippen LogP contribution in [0.3, 0.4) is 0 Å². The van der Waals surface area contributed by atoms with Gasteiger partial charge in [-0.05, 0) is 25.0 Å². The maximum atomic E-state index is 13.6. The molecular formula is C14H14F2N2O2. The van der Waals surface area contributed by atoms with Crippen LogP contribution in [-0.4, -0.2) is 23.9 Å². The van der Waals surface area contributed by atoms with Gasteiger partial charge in [0.15, 0.2) is 0 Å². The Morgan fingerprint density at radius 2 is 2.00 bits per heavy atom. The minimum atomic E-state index is -0.582. The lowest BCUT2D eigenvalue weighted by molar-refractivity contribution is -0.125.